The van der Waals surface area contributed by atoms with E-state index in [-0.39, 0.29) is 23.0 Å². The van der Waals surface area contributed by atoms with E-state index in [1.807, 2.05) is 17.0 Å². The molecule has 0 aromatic heterocycles. The number of carbonyl (C=O) groups is 1. The van der Waals surface area contributed by atoms with Crippen LogP contribution in [0.25, 0.3) is 6.08 Å². The van der Waals surface area contributed by atoms with E-state index >= 15 is 0 Å². The molecule has 2 heterocycles. The summed E-state index contributed by atoms with van der Waals surface area (Å²) in [6.45, 7) is 1.84. The second-order valence-electron chi connectivity index (χ2n) is 6.48. The number of hydrogen-bond donors (Lipinski definition) is 0. The van der Waals surface area contributed by atoms with Gasteiger partial charge in [0.2, 0.25) is 0 Å². The van der Waals surface area contributed by atoms with E-state index in [0.717, 1.165) is 25.9 Å². The third-order valence-corrected chi connectivity index (χ3v) is 4.79. The zero-order valence-corrected chi connectivity index (χ0v) is 14.2. The molecule has 4 rings (SSSR count). The van der Waals surface area contributed by atoms with E-state index in [4.69, 9.17) is 4.74 Å². The molecule has 2 aliphatic heterocycles. The van der Waals surface area contributed by atoms with Crippen LogP contribution in [0.5, 0.6) is 5.75 Å². The Balaban J connectivity index is 1.68. The first-order chi connectivity index (χ1) is 12.6. The molecule has 0 aliphatic carbocycles. The summed E-state index contributed by atoms with van der Waals surface area (Å²) in [4.78, 5) is 25.8. The summed E-state index contributed by atoms with van der Waals surface area (Å²) >= 11 is 0. The van der Waals surface area contributed by atoms with Crippen LogP contribution in [-0.2, 0) is 0 Å². The summed E-state index contributed by atoms with van der Waals surface area (Å²) in [6, 6.07) is 12.2. The molecule has 2 aliphatic rings. The third kappa shape index (κ3) is 2.94. The van der Waals surface area contributed by atoms with Crippen LogP contribution in [0.15, 0.2) is 48.0 Å². The number of nitro benzene ring substituents is 1. The molecule has 0 amide bonds. The highest BCUT2D eigenvalue weighted by molar-refractivity contribution is 6.14. The monoisotopic (exact) mass is 350 g/mol. The number of nitro groups is 1. The number of rotatable bonds is 3. The number of fused-ring (bicyclic) bond motifs is 1. The van der Waals surface area contributed by atoms with E-state index < -0.39 is 0 Å². The fraction of sp³-hybridized carbons (Fsp3) is 0.250. The Bertz CT molecular complexity index is 914. The molecule has 1 saturated heterocycles. The van der Waals surface area contributed by atoms with Gasteiger partial charge in [-0.2, -0.15) is 0 Å². The van der Waals surface area contributed by atoms with Crippen molar-refractivity contribution in [2.24, 2.45) is 0 Å². The SMILES string of the molecule is O=C1C(=Cc2ccc(N3CCCC3)c([N+](=O)[O-])c2)COc2ccccc21. The largest absolute Gasteiger partial charge is 0.488 e. The van der Waals surface area contributed by atoms with Gasteiger partial charge < -0.3 is 9.64 Å². The molecule has 1 fully saturated rings. The Hall–Kier alpha value is -3.15. The van der Waals surface area contributed by atoms with Crippen LogP contribution in [0.4, 0.5) is 11.4 Å². The number of carbonyl (C=O) groups excluding carboxylic acids is 1. The smallest absolute Gasteiger partial charge is 0.293 e. The number of benzene rings is 2. The zero-order valence-electron chi connectivity index (χ0n) is 14.2. The Morgan fingerprint density at radius 1 is 1.12 bits per heavy atom. The average molecular weight is 350 g/mol. The van der Waals surface area contributed by atoms with Gasteiger partial charge in [0.15, 0.2) is 5.78 Å². The number of Topliss-reactive ketones (excluding diaryl/α,β-unsaturated/α-hetero) is 1. The van der Waals surface area contributed by atoms with Gasteiger partial charge in [-0.05, 0) is 42.7 Å². The molecule has 6 nitrogen and oxygen atoms in total. The number of ketones is 1. The van der Waals surface area contributed by atoms with E-state index in [0.29, 0.717) is 28.1 Å². The topological polar surface area (TPSA) is 72.7 Å². The molecule has 0 unspecified atom stereocenters. The summed E-state index contributed by atoms with van der Waals surface area (Å²) in [6.07, 6.45) is 3.78. The minimum absolute atomic E-state index is 0.0748. The van der Waals surface area contributed by atoms with E-state index in [1.54, 1.807) is 30.3 Å². The van der Waals surface area contributed by atoms with Gasteiger partial charge in [0.1, 0.15) is 18.0 Å². The minimum Gasteiger partial charge on any atom is -0.488 e. The van der Waals surface area contributed by atoms with Crippen LogP contribution >= 0.6 is 0 Å². The van der Waals surface area contributed by atoms with Crippen molar-refractivity contribution in [1.29, 1.82) is 0 Å². The number of nitrogens with zero attached hydrogens (tertiary/aromatic N) is 2. The summed E-state index contributed by atoms with van der Waals surface area (Å²) < 4.78 is 5.63. The summed E-state index contributed by atoms with van der Waals surface area (Å²) in [7, 11) is 0. The van der Waals surface area contributed by atoms with Crippen molar-refractivity contribution in [1.82, 2.24) is 0 Å². The van der Waals surface area contributed by atoms with Gasteiger partial charge in [-0.15, -0.1) is 0 Å². The lowest BCUT2D eigenvalue weighted by molar-refractivity contribution is -0.384. The molecule has 0 radical (unpaired) electrons. The quantitative estimate of drug-likeness (QED) is 0.477. The van der Waals surface area contributed by atoms with Crippen LogP contribution in [0.1, 0.15) is 28.8 Å². The second-order valence-corrected chi connectivity index (χ2v) is 6.48. The molecule has 0 N–H and O–H groups in total. The maximum atomic E-state index is 12.6. The molecule has 2 aromatic carbocycles. The van der Waals surface area contributed by atoms with Gasteiger partial charge in [0.05, 0.1) is 10.5 Å². The summed E-state index contributed by atoms with van der Waals surface area (Å²) in [5.74, 6) is 0.475. The van der Waals surface area contributed by atoms with Gasteiger partial charge in [0, 0.05) is 24.7 Å². The van der Waals surface area contributed by atoms with Crippen LogP contribution in [0, 0.1) is 10.1 Å². The minimum atomic E-state index is -0.357. The van der Waals surface area contributed by atoms with Gasteiger partial charge in [-0.1, -0.05) is 18.2 Å². The van der Waals surface area contributed by atoms with Crippen molar-refractivity contribution in [2.75, 3.05) is 24.6 Å². The molecular formula is C20H18N2O4. The van der Waals surface area contributed by atoms with Crippen molar-refractivity contribution in [3.8, 4) is 5.75 Å². The van der Waals surface area contributed by atoms with Crippen molar-refractivity contribution in [2.45, 2.75) is 12.8 Å². The van der Waals surface area contributed by atoms with Crippen LogP contribution in [0.2, 0.25) is 0 Å². The van der Waals surface area contributed by atoms with Crippen LogP contribution < -0.4 is 9.64 Å². The lowest BCUT2D eigenvalue weighted by atomic mass is 9.98. The summed E-state index contributed by atoms with van der Waals surface area (Å²) in [5, 5.41) is 11.5. The van der Waals surface area contributed by atoms with Crippen molar-refractivity contribution in [3.05, 3.63) is 69.3 Å². The number of anilines is 1. The molecule has 26 heavy (non-hydrogen) atoms. The van der Waals surface area contributed by atoms with Crippen molar-refractivity contribution in [3.63, 3.8) is 0 Å². The standard InChI is InChI=1S/C20H18N2O4/c23-20-15(13-26-19-6-2-1-5-16(19)20)11-14-7-8-17(18(12-14)22(24)25)21-9-3-4-10-21/h1-2,5-8,11-12H,3-4,9-10,13H2. The van der Waals surface area contributed by atoms with E-state index in [1.165, 1.54) is 6.07 Å². The highest BCUT2D eigenvalue weighted by atomic mass is 16.6. The highest BCUT2D eigenvalue weighted by Crippen LogP contribution is 2.33. The molecular weight excluding hydrogens is 332 g/mol. The predicted molar refractivity (Wildman–Crippen MR) is 98.8 cm³/mol. The number of ether oxygens (including phenoxy) is 1. The first-order valence-electron chi connectivity index (χ1n) is 8.64. The molecule has 0 saturated carbocycles. The first kappa shape index (κ1) is 16.3. The normalized spacial score (nSPS) is 17.9. The predicted octanol–water partition coefficient (Wildman–Crippen LogP) is 3.85. The van der Waals surface area contributed by atoms with E-state index in [2.05, 4.69) is 0 Å². The van der Waals surface area contributed by atoms with Gasteiger partial charge in [0.25, 0.3) is 5.69 Å². The fourth-order valence-corrected chi connectivity index (χ4v) is 3.48. The van der Waals surface area contributed by atoms with E-state index in [9.17, 15) is 14.9 Å². The Kier molecular flexibility index (Phi) is 4.16. The lowest BCUT2D eigenvalue weighted by Gasteiger charge is -2.19. The highest BCUT2D eigenvalue weighted by Gasteiger charge is 2.25. The van der Waals surface area contributed by atoms with Crippen LogP contribution in [-0.4, -0.2) is 30.4 Å². The molecule has 0 atom stereocenters. The molecule has 0 spiro atoms. The Morgan fingerprint density at radius 2 is 1.88 bits per heavy atom. The number of para-hydroxylation sites is 1. The lowest BCUT2D eigenvalue weighted by Crippen LogP contribution is -2.19. The Morgan fingerprint density at radius 3 is 2.65 bits per heavy atom. The van der Waals surface area contributed by atoms with Crippen molar-refractivity contribution >= 4 is 23.2 Å². The van der Waals surface area contributed by atoms with Gasteiger partial charge in [-0.25, -0.2) is 0 Å². The zero-order chi connectivity index (χ0) is 18.1. The maximum Gasteiger partial charge on any atom is 0.293 e. The molecule has 0 bridgehead atoms. The van der Waals surface area contributed by atoms with Crippen molar-refractivity contribution < 1.29 is 14.5 Å². The second kappa shape index (κ2) is 6.63. The third-order valence-electron chi connectivity index (χ3n) is 4.79. The molecule has 132 valence electrons. The number of hydrogen-bond acceptors (Lipinski definition) is 5. The first-order valence-corrected chi connectivity index (χ1v) is 8.64. The molecule has 6 heteroatoms. The summed E-state index contributed by atoms with van der Waals surface area (Å²) in [5.41, 5.74) is 2.36. The maximum absolute atomic E-state index is 12.6. The average Bonchev–Trinajstić information content (AvgIpc) is 3.19. The van der Waals surface area contributed by atoms with Gasteiger partial charge in [-0.3, -0.25) is 14.9 Å². The Labute approximate surface area is 150 Å². The van der Waals surface area contributed by atoms with Crippen LogP contribution in [0.3, 0.4) is 0 Å². The fourth-order valence-electron chi connectivity index (χ4n) is 3.48. The van der Waals surface area contributed by atoms with Gasteiger partial charge >= 0.3 is 0 Å². The molecule has 2 aromatic rings.